The van der Waals surface area contributed by atoms with Crippen LogP contribution in [0, 0.1) is 5.41 Å². The molecule has 0 bridgehead atoms. The third kappa shape index (κ3) is 1.94. The predicted molar refractivity (Wildman–Crippen MR) is 64.7 cm³/mol. The van der Waals surface area contributed by atoms with E-state index >= 15 is 0 Å². The molecule has 0 unspecified atom stereocenters. The topological polar surface area (TPSA) is 66.8 Å². The molecule has 1 aromatic rings. The van der Waals surface area contributed by atoms with Crippen molar-refractivity contribution in [2.45, 2.75) is 4.90 Å². The maximum absolute atomic E-state index is 12.2. The first-order chi connectivity index (χ1) is 8.16. The van der Waals surface area contributed by atoms with Gasteiger partial charge in [-0.3, -0.25) is 4.79 Å². The fraction of sp³-hybridized carbons (Fsp3) is 0.417. The lowest BCUT2D eigenvalue weighted by molar-refractivity contribution is 0.0111. The van der Waals surface area contributed by atoms with Crippen molar-refractivity contribution >= 4 is 17.5 Å². The number of carbonyl (C=O) groups is 1. The van der Waals surface area contributed by atoms with Gasteiger partial charge in [0.1, 0.15) is 17.8 Å². The largest absolute Gasteiger partial charge is 0.492 e. The summed E-state index contributed by atoms with van der Waals surface area (Å²) in [5, 5.41) is 18.5. The lowest BCUT2D eigenvalue weighted by Gasteiger charge is -2.33. The molecule has 0 radical (unpaired) electrons. The molecule has 0 amide bonds. The van der Waals surface area contributed by atoms with Gasteiger partial charge in [0, 0.05) is 4.90 Å². The van der Waals surface area contributed by atoms with Crippen LogP contribution in [-0.2, 0) is 0 Å². The maximum Gasteiger partial charge on any atom is 0.180 e. The van der Waals surface area contributed by atoms with Crippen molar-refractivity contribution in [3.05, 3.63) is 23.8 Å². The molecule has 5 heteroatoms. The Balaban J connectivity index is 2.43. The number of fused-ring (bicyclic) bond motifs is 1. The van der Waals surface area contributed by atoms with E-state index in [0.717, 1.165) is 4.90 Å². The molecule has 1 aliphatic heterocycles. The van der Waals surface area contributed by atoms with Crippen molar-refractivity contribution in [3.8, 4) is 5.75 Å². The summed E-state index contributed by atoms with van der Waals surface area (Å²) in [7, 11) is 0. The summed E-state index contributed by atoms with van der Waals surface area (Å²) in [4.78, 5) is 13.2. The van der Waals surface area contributed by atoms with Gasteiger partial charge in [-0.15, -0.1) is 11.8 Å². The number of carbonyl (C=O) groups excluding carboxylic acids is 1. The van der Waals surface area contributed by atoms with E-state index in [1.54, 1.807) is 23.9 Å². The van der Waals surface area contributed by atoms with Gasteiger partial charge in [0.25, 0.3) is 0 Å². The van der Waals surface area contributed by atoms with Gasteiger partial charge in [0.2, 0.25) is 0 Å². The van der Waals surface area contributed by atoms with Crippen LogP contribution in [0.25, 0.3) is 0 Å². The first kappa shape index (κ1) is 12.4. The number of rotatable bonds is 3. The molecule has 0 aliphatic carbocycles. The number of benzene rings is 1. The van der Waals surface area contributed by atoms with Gasteiger partial charge >= 0.3 is 0 Å². The van der Waals surface area contributed by atoms with Gasteiger partial charge < -0.3 is 14.9 Å². The molecule has 0 atom stereocenters. The van der Waals surface area contributed by atoms with E-state index in [9.17, 15) is 15.0 Å². The van der Waals surface area contributed by atoms with Crippen molar-refractivity contribution in [1.29, 1.82) is 0 Å². The highest BCUT2D eigenvalue weighted by atomic mass is 32.2. The van der Waals surface area contributed by atoms with Crippen LogP contribution in [0.4, 0.5) is 0 Å². The Morgan fingerprint density at radius 2 is 2.12 bits per heavy atom. The molecule has 1 aromatic carbocycles. The molecular formula is C12H14O4S. The smallest absolute Gasteiger partial charge is 0.180 e. The van der Waals surface area contributed by atoms with Crippen LogP contribution in [0.15, 0.2) is 23.1 Å². The monoisotopic (exact) mass is 254 g/mol. The number of ether oxygens (including phenoxy) is 1. The highest BCUT2D eigenvalue weighted by Gasteiger charge is 2.43. The molecular weight excluding hydrogens is 240 g/mol. The second-order valence-electron chi connectivity index (χ2n) is 4.08. The Bertz CT molecular complexity index is 440. The average Bonchev–Trinajstić information content (AvgIpc) is 2.39. The van der Waals surface area contributed by atoms with Crippen LogP contribution in [-0.4, -0.2) is 42.1 Å². The molecule has 92 valence electrons. The average molecular weight is 254 g/mol. The molecule has 1 heterocycles. The molecule has 2 N–H and O–H groups in total. The van der Waals surface area contributed by atoms with Crippen LogP contribution in [0.5, 0.6) is 5.75 Å². The number of aliphatic hydroxyl groups excluding tert-OH is 2. The summed E-state index contributed by atoms with van der Waals surface area (Å²) in [6, 6.07) is 5.31. The summed E-state index contributed by atoms with van der Waals surface area (Å²) < 4.78 is 5.48. The van der Waals surface area contributed by atoms with Crippen molar-refractivity contribution in [2.24, 2.45) is 5.41 Å². The summed E-state index contributed by atoms with van der Waals surface area (Å²) in [6.07, 6.45) is 1.94. The lowest BCUT2D eigenvalue weighted by atomic mass is 9.80. The zero-order chi connectivity index (χ0) is 12.5. The zero-order valence-electron chi connectivity index (χ0n) is 9.47. The van der Waals surface area contributed by atoms with Crippen LogP contribution < -0.4 is 4.74 Å². The molecule has 1 aliphatic rings. The Kier molecular flexibility index (Phi) is 3.42. The highest BCUT2D eigenvalue weighted by Crippen LogP contribution is 2.36. The minimum absolute atomic E-state index is 0.0175. The second-order valence-corrected chi connectivity index (χ2v) is 4.96. The van der Waals surface area contributed by atoms with Gasteiger partial charge in [0.15, 0.2) is 5.78 Å². The van der Waals surface area contributed by atoms with Crippen LogP contribution in [0.2, 0.25) is 0 Å². The number of aliphatic hydroxyl groups is 2. The van der Waals surface area contributed by atoms with E-state index in [1.807, 2.05) is 12.3 Å². The highest BCUT2D eigenvalue weighted by molar-refractivity contribution is 7.98. The first-order valence-electron chi connectivity index (χ1n) is 5.24. The molecule has 0 spiro atoms. The Labute approximate surface area is 104 Å². The van der Waals surface area contributed by atoms with E-state index in [0.29, 0.717) is 11.3 Å². The number of hydrogen-bond acceptors (Lipinski definition) is 5. The molecule has 0 fully saturated rings. The molecule has 0 saturated carbocycles. The summed E-state index contributed by atoms with van der Waals surface area (Å²) >= 11 is 1.56. The van der Waals surface area contributed by atoms with E-state index in [2.05, 4.69) is 0 Å². The number of ketones is 1. The molecule has 4 nitrogen and oxygen atoms in total. The zero-order valence-corrected chi connectivity index (χ0v) is 10.3. The summed E-state index contributed by atoms with van der Waals surface area (Å²) in [5.74, 6) is 0.274. The maximum atomic E-state index is 12.2. The van der Waals surface area contributed by atoms with Gasteiger partial charge in [-0.25, -0.2) is 0 Å². The standard InChI is InChI=1S/C12H14O4S/c1-17-8-2-3-9-10(4-8)16-7-12(5-13,6-14)11(9)15/h2-4,13-14H,5-7H2,1H3. The third-order valence-corrected chi connectivity index (χ3v) is 3.75. The summed E-state index contributed by atoms with van der Waals surface area (Å²) in [6.45, 7) is -0.804. The van der Waals surface area contributed by atoms with Crippen molar-refractivity contribution in [1.82, 2.24) is 0 Å². The molecule has 17 heavy (non-hydrogen) atoms. The van der Waals surface area contributed by atoms with Gasteiger partial charge in [0.05, 0.1) is 18.8 Å². The first-order valence-corrected chi connectivity index (χ1v) is 6.47. The fourth-order valence-electron chi connectivity index (χ4n) is 1.79. The lowest BCUT2D eigenvalue weighted by Crippen LogP contribution is -2.46. The molecule has 0 saturated heterocycles. The number of hydrogen-bond donors (Lipinski definition) is 2. The van der Waals surface area contributed by atoms with E-state index in [4.69, 9.17) is 4.74 Å². The van der Waals surface area contributed by atoms with E-state index in [1.165, 1.54) is 0 Å². The van der Waals surface area contributed by atoms with E-state index in [-0.39, 0.29) is 12.4 Å². The van der Waals surface area contributed by atoms with Crippen LogP contribution >= 0.6 is 11.8 Å². The third-order valence-electron chi connectivity index (χ3n) is 3.02. The number of Topliss-reactive ketones (excluding diaryl/α,β-unsaturated/α-hetero) is 1. The quantitative estimate of drug-likeness (QED) is 0.786. The van der Waals surface area contributed by atoms with Gasteiger partial charge in [-0.05, 0) is 24.5 Å². The second kappa shape index (κ2) is 4.68. The normalized spacial score (nSPS) is 17.5. The van der Waals surface area contributed by atoms with Gasteiger partial charge in [-0.1, -0.05) is 0 Å². The van der Waals surface area contributed by atoms with Crippen molar-refractivity contribution in [3.63, 3.8) is 0 Å². The van der Waals surface area contributed by atoms with Crippen molar-refractivity contribution < 1.29 is 19.7 Å². The molecule has 2 rings (SSSR count). The SMILES string of the molecule is CSc1ccc2c(c1)OCC(CO)(CO)C2=O. The Hall–Kier alpha value is -1.04. The predicted octanol–water partition coefficient (Wildman–Crippen LogP) is 0.955. The Morgan fingerprint density at radius 3 is 2.71 bits per heavy atom. The molecule has 0 aromatic heterocycles. The minimum Gasteiger partial charge on any atom is -0.492 e. The number of thioether (sulfide) groups is 1. The van der Waals surface area contributed by atoms with E-state index < -0.39 is 18.6 Å². The van der Waals surface area contributed by atoms with Crippen molar-refractivity contribution in [2.75, 3.05) is 26.1 Å². The fourth-order valence-corrected chi connectivity index (χ4v) is 2.22. The van der Waals surface area contributed by atoms with Crippen LogP contribution in [0.1, 0.15) is 10.4 Å². The Morgan fingerprint density at radius 1 is 1.41 bits per heavy atom. The van der Waals surface area contributed by atoms with Gasteiger partial charge in [-0.2, -0.15) is 0 Å². The van der Waals surface area contributed by atoms with Crippen LogP contribution in [0.3, 0.4) is 0 Å². The summed E-state index contributed by atoms with van der Waals surface area (Å²) in [5.41, 5.74) is -0.773. The minimum atomic E-state index is -1.20.